The zero-order chi connectivity index (χ0) is 17.6. The molecular weight excluding hydrogens is 318 g/mol. The van der Waals surface area contributed by atoms with Gasteiger partial charge in [-0.15, -0.1) is 0 Å². The predicted octanol–water partition coefficient (Wildman–Crippen LogP) is 2.91. The van der Waals surface area contributed by atoms with Crippen LogP contribution in [0.3, 0.4) is 0 Å². The summed E-state index contributed by atoms with van der Waals surface area (Å²) in [5.74, 6) is 1.37. The number of carbonyl (C=O) groups excluding carboxylic acids is 2. The van der Waals surface area contributed by atoms with Gasteiger partial charge in [0.05, 0.1) is 0 Å². The molecule has 0 atom stereocenters. The number of aryl methyl sites for hydroxylation is 1. The maximum atomic E-state index is 12.5. The number of nitrogens with zero attached hydrogens (tertiary/aromatic N) is 2. The van der Waals surface area contributed by atoms with Crippen molar-refractivity contribution in [3.05, 3.63) is 47.7 Å². The van der Waals surface area contributed by atoms with Gasteiger partial charge in [-0.05, 0) is 32.9 Å². The maximum Gasteiger partial charge on any atom is 0.226 e. The number of benzene rings is 1. The second kappa shape index (κ2) is 8.07. The van der Waals surface area contributed by atoms with Gasteiger partial charge < -0.3 is 14.7 Å². The smallest absolute Gasteiger partial charge is 0.226 e. The summed E-state index contributed by atoms with van der Waals surface area (Å²) in [6.07, 6.45) is 2.10. The molecule has 25 heavy (non-hydrogen) atoms. The summed E-state index contributed by atoms with van der Waals surface area (Å²) in [4.78, 5) is 26.7. The van der Waals surface area contributed by atoms with Gasteiger partial charge in [-0.2, -0.15) is 0 Å². The highest BCUT2D eigenvalue weighted by Crippen LogP contribution is 2.22. The van der Waals surface area contributed by atoms with Crippen molar-refractivity contribution in [1.29, 1.82) is 0 Å². The number of likely N-dealkylation sites (tertiary alicyclic amines) is 1. The fourth-order valence-corrected chi connectivity index (χ4v) is 3.15. The molecule has 0 radical (unpaired) electrons. The Morgan fingerprint density at radius 1 is 1.24 bits per heavy atom. The van der Waals surface area contributed by atoms with Gasteiger partial charge in [0.25, 0.3) is 0 Å². The number of ketones is 1. The summed E-state index contributed by atoms with van der Waals surface area (Å²) >= 11 is 0. The zero-order valence-electron chi connectivity index (χ0n) is 14.4. The lowest BCUT2D eigenvalue weighted by Gasteiger charge is -2.31. The Balaban J connectivity index is 1.40. The van der Waals surface area contributed by atoms with Crippen LogP contribution in [0.2, 0.25) is 0 Å². The maximum absolute atomic E-state index is 12.5. The first-order valence-corrected chi connectivity index (χ1v) is 8.66. The van der Waals surface area contributed by atoms with Crippen LogP contribution in [0.5, 0.6) is 0 Å². The molecule has 1 N–H and O–H groups in total. The number of amides is 1. The molecule has 0 saturated carbocycles. The number of hydrogen-bond donors (Lipinski definition) is 1. The average molecular weight is 341 g/mol. The molecule has 132 valence electrons. The predicted molar refractivity (Wildman–Crippen MR) is 94.4 cm³/mol. The fourth-order valence-electron chi connectivity index (χ4n) is 3.15. The summed E-state index contributed by atoms with van der Waals surface area (Å²) in [5.41, 5.74) is 0.795. The Morgan fingerprint density at radius 2 is 1.96 bits per heavy atom. The van der Waals surface area contributed by atoms with Crippen molar-refractivity contribution in [3.8, 4) is 0 Å². The average Bonchev–Trinajstić information content (AvgIpc) is 3.05. The van der Waals surface area contributed by atoms with E-state index in [0.717, 1.165) is 31.5 Å². The largest absolute Gasteiger partial charge is 0.360 e. The second-order valence-corrected chi connectivity index (χ2v) is 6.47. The summed E-state index contributed by atoms with van der Waals surface area (Å²) in [5, 5.41) is 6.48. The SMILES string of the molecule is Cc1cc(NC(=O)CCN2CCC(C(=O)c3ccccc3)CC2)no1. The number of aromatic nitrogens is 1. The zero-order valence-corrected chi connectivity index (χ0v) is 14.4. The molecule has 0 spiro atoms. The lowest BCUT2D eigenvalue weighted by molar-refractivity contribution is -0.116. The molecule has 1 aliphatic rings. The molecular formula is C19H23N3O3. The molecule has 0 bridgehead atoms. The highest BCUT2D eigenvalue weighted by molar-refractivity contribution is 5.97. The second-order valence-electron chi connectivity index (χ2n) is 6.47. The third-order valence-corrected chi connectivity index (χ3v) is 4.57. The van der Waals surface area contributed by atoms with Crippen LogP contribution in [0.25, 0.3) is 0 Å². The Bertz CT molecular complexity index is 719. The minimum absolute atomic E-state index is 0.0733. The molecule has 0 aliphatic carbocycles. The van der Waals surface area contributed by atoms with Gasteiger partial charge in [-0.25, -0.2) is 0 Å². The van der Waals surface area contributed by atoms with Crippen LogP contribution in [0.1, 0.15) is 35.4 Å². The van der Waals surface area contributed by atoms with E-state index in [1.54, 1.807) is 13.0 Å². The third kappa shape index (κ3) is 4.76. The number of nitrogens with one attached hydrogen (secondary N) is 1. The highest BCUT2D eigenvalue weighted by Gasteiger charge is 2.25. The van der Waals surface area contributed by atoms with E-state index in [0.29, 0.717) is 24.5 Å². The number of carbonyl (C=O) groups is 2. The van der Waals surface area contributed by atoms with Crippen molar-refractivity contribution in [2.24, 2.45) is 5.92 Å². The van der Waals surface area contributed by atoms with Crippen molar-refractivity contribution in [1.82, 2.24) is 10.1 Å². The lowest BCUT2D eigenvalue weighted by atomic mass is 9.89. The van der Waals surface area contributed by atoms with E-state index in [4.69, 9.17) is 4.52 Å². The van der Waals surface area contributed by atoms with E-state index in [-0.39, 0.29) is 17.6 Å². The van der Waals surface area contributed by atoms with Gasteiger partial charge in [0.1, 0.15) is 5.76 Å². The number of piperidine rings is 1. The monoisotopic (exact) mass is 341 g/mol. The lowest BCUT2D eigenvalue weighted by Crippen LogP contribution is -2.38. The minimum Gasteiger partial charge on any atom is -0.360 e. The van der Waals surface area contributed by atoms with E-state index in [1.165, 1.54) is 0 Å². The van der Waals surface area contributed by atoms with Crippen LogP contribution in [-0.2, 0) is 4.79 Å². The van der Waals surface area contributed by atoms with Gasteiger partial charge in [0, 0.05) is 30.5 Å². The van der Waals surface area contributed by atoms with Crippen LogP contribution in [-0.4, -0.2) is 41.4 Å². The summed E-state index contributed by atoms with van der Waals surface area (Å²) in [7, 11) is 0. The molecule has 1 fully saturated rings. The van der Waals surface area contributed by atoms with Crippen LogP contribution >= 0.6 is 0 Å². The molecule has 2 aromatic rings. The fraction of sp³-hybridized carbons (Fsp3) is 0.421. The number of Topliss-reactive ketones (excluding diaryl/α,β-unsaturated/α-hetero) is 1. The molecule has 2 heterocycles. The van der Waals surface area contributed by atoms with E-state index in [9.17, 15) is 9.59 Å². The van der Waals surface area contributed by atoms with Crippen molar-refractivity contribution in [3.63, 3.8) is 0 Å². The molecule has 1 amide bonds. The van der Waals surface area contributed by atoms with Crippen molar-refractivity contribution in [2.75, 3.05) is 25.0 Å². The van der Waals surface area contributed by atoms with Gasteiger partial charge >= 0.3 is 0 Å². The normalized spacial score (nSPS) is 15.9. The molecule has 6 nitrogen and oxygen atoms in total. The Hall–Kier alpha value is -2.47. The molecule has 0 unspecified atom stereocenters. The van der Waals surface area contributed by atoms with Crippen LogP contribution in [0, 0.1) is 12.8 Å². The number of anilines is 1. The Labute approximate surface area is 147 Å². The number of rotatable bonds is 6. The summed E-state index contributed by atoms with van der Waals surface area (Å²) in [6.45, 7) is 4.16. The standard InChI is InChI=1S/C19H23N3O3/c1-14-13-17(21-25-14)20-18(23)9-12-22-10-7-16(8-11-22)19(24)15-5-3-2-4-6-15/h2-6,13,16H,7-12H2,1H3,(H,20,21,23). The van der Waals surface area contributed by atoms with Crippen molar-refractivity contribution >= 4 is 17.5 Å². The van der Waals surface area contributed by atoms with Gasteiger partial charge in [-0.1, -0.05) is 35.5 Å². The topological polar surface area (TPSA) is 75.4 Å². The third-order valence-electron chi connectivity index (χ3n) is 4.57. The van der Waals surface area contributed by atoms with Crippen molar-refractivity contribution < 1.29 is 14.1 Å². The molecule has 1 aliphatic heterocycles. The first kappa shape index (κ1) is 17.4. The van der Waals surface area contributed by atoms with Crippen LogP contribution in [0.4, 0.5) is 5.82 Å². The van der Waals surface area contributed by atoms with E-state index < -0.39 is 0 Å². The molecule has 6 heteroatoms. The van der Waals surface area contributed by atoms with Crippen molar-refractivity contribution in [2.45, 2.75) is 26.2 Å². The summed E-state index contributed by atoms with van der Waals surface area (Å²) < 4.78 is 4.92. The van der Waals surface area contributed by atoms with Gasteiger partial charge in [0.15, 0.2) is 11.6 Å². The van der Waals surface area contributed by atoms with Gasteiger partial charge in [0.2, 0.25) is 5.91 Å². The molecule has 3 rings (SSSR count). The first-order chi connectivity index (χ1) is 12.1. The summed E-state index contributed by atoms with van der Waals surface area (Å²) in [6, 6.07) is 11.2. The minimum atomic E-state index is -0.0733. The van der Waals surface area contributed by atoms with Crippen LogP contribution in [0.15, 0.2) is 40.9 Å². The van der Waals surface area contributed by atoms with E-state index >= 15 is 0 Å². The molecule has 1 aromatic carbocycles. The Morgan fingerprint density at radius 3 is 2.60 bits per heavy atom. The van der Waals surface area contributed by atoms with Gasteiger partial charge in [-0.3, -0.25) is 9.59 Å². The van der Waals surface area contributed by atoms with Crippen LogP contribution < -0.4 is 5.32 Å². The molecule has 1 aromatic heterocycles. The number of hydrogen-bond acceptors (Lipinski definition) is 5. The first-order valence-electron chi connectivity index (χ1n) is 8.66. The van der Waals surface area contributed by atoms with E-state index in [2.05, 4.69) is 15.4 Å². The quantitative estimate of drug-likeness (QED) is 0.818. The van der Waals surface area contributed by atoms with E-state index in [1.807, 2.05) is 30.3 Å². The highest BCUT2D eigenvalue weighted by atomic mass is 16.5. The molecule has 1 saturated heterocycles. The Kier molecular flexibility index (Phi) is 5.60.